The van der Waals surface area contributed by atoms with Crippen LogP contribution >= 0.6 is 0 Å². The SMILES string of the molecule is Cn1ccnc1C(NC(=O)C1=NN(Cc2ccc(F)cc2)C(=O)CC1)c1ccc(F)cc1. The van der Waals surface area contributed by atoms with E-state index in [1.807, 2.05) is 0 Å². The molecule has 1 aliphatic heterocycles. The van der Waals surface area contributed by atoms with E-state index >= 15 is 0 Å². The summed E-state index contributed by atoms with van der Waals surface area (Å²) < 4.78 is 28.3. The molecule has 0 saturated heterocycles. The van der Waals surface area contributed by atoms with Gasteiger partial charge in [-0.25, -0.2) is 18.8 Å². The van der Waals surface area contributed by atoms with Gasteiger partial charge in [-0.3, -0.25) is 9.59 Å². The second kappa shape index (κ2) is 9.09. The number of benzene rings is 2. The van der Waals surface area contributed by atoms with Gasteiger partial charge >= 0.3 is 0 Å². The van der Waals surface area contributed by atoms with E-state index < -0.39 is 11.9 Å². The first kappa shape index (κ1) is 21.4. The number of aromatic nitrogens is 2. The number of carbonyl (C=O) groups is 2. The molecule has 1 atom stereocenters. The molecule has 0 spiro atoms. The summed E-state index contributed by atoms with van der Waals surface area (Å²) in [6.45, 7) is 0.136. The van der Waals surface area contributed by atoms with Gasteiger partial charge in [-0.15, -0.1) is 0 Å². The fourth-order valence-electron chi connectivity index (χ4n) is 3.47. The number of hydrogen-bond acceptors (Lipinski definition) is 4. The maximum atomic E-state index is 13.4. The molecule has 9 heteroatoms. The van der Waals surface area contributed by atoms with Crippen LogP contribution in [0.15, 0.2) is 66.0 Å². The van der Waals surface area contributed by atoms with E-state index in [4.69, 9.17) is 0 Å². The Morgan fingerprint density at radius 2 is 1.72 bits per heavy atom. The molecule has 1 aromatic heterocycles. The second-order valence-corrected chi connectivity index (χ2v) is 7.48. The van der Waals surface area contributed by atoms with Crippen LogP contribution in [0.5, 0.6) is 0 Å². The molecule has 4 rings (SSSR count). The largest absolute Gasteiger partial charge is 0.337 e. The van der Waals surface area contributed by atoms with Gasteiger partial charge in [-0.2, -0.15) is 5.10 Å². The highest BCUT2D eigenvalue weighted by Gasteiger charge is 2.28. The minimum absolute atomic E-state index is 0.136. The van der Waals surface area contributed by atoms with Gasteiger partial charge in [0.15, 0.2) is 0 Å². The number of halogens is 2. The highest BCUT2D eigenvalue weighted by molar-refractivity contribution is 6.39. The Labute approximate surface area is 183 Å². The van der Waals surface area contributed by atoms with Crippen LogP contribution in [0.4, 0.5) is 8.78 Å². The Morgan fingerprint density at radius 1 is 1.06 bits per heavy atom. The van der Waals surface area contributed by atoms with Crippen LogP contribution in [0.2, 0.25) is 0 Å². The molecule has 7 nitrogen and oxygen atoms in total. The monoisotopic (exact) mass is 437 g/mol. The highest BCUT2D eigenvalue weighted by atomic mass is 19.1. The van der Waals surface area contributed by atoms with Gasteiger partial charge < -0.3 is 9.88 Å². The van der Waals surface area contributed by atoms with Crippen molar-refractivity contribution in [1.82, 2.24) is 19.9 Å². The molecule has 0 fully saturated rings. The predicted molar refractivity (Wildman–Crippen MR) is 113 cm³/mol. The van der Waals surface area contributed by atoms with Crippen molar-refractivity contribution in [1.29, 1.82) is 0 Å². The Kier molecular flexibility index (Phi) is 6.07. The van der Waals surface area contributed by atoms with Crippen LogP contribution in [0, 0.1) is 11.6 Å². The number of hydrogen-bond donors (Lipinski definition) is 1. The third kappa shape index (κ3) is 4.72. The first-order valence-corrected chi connectivity index (χ1v) is 10.1. The molecule has 164 valence electrons. The molecule has 2 amide bonds. The lowest BCUT2D eigenvalue weighted by atomic mass is 10.0. The van der Waals surface area contributed by atoms with Gasteiger partial charge in [0.05, 0.1) is 6.54 Å². The molecule has 1 unspecified atom stereocenters. The minimum Gasteiger partial charge on any atom is -0.337 e. The van der Waals surface area contributed by atoms with Crippen LogP contribution in [-0.2, 0) is 23.2 Å². The van der Waals surface area contributed by atoms with Crippen LogP contribution in [-0.4, -0.2) is 32.1 Å². The number of nitrogens with one attached hydrogen (secondary N) is 1. The quantitative estimate of drug-likeness (QED) is 0.644. The Morgan fingerprint density at radius 3 is 2.34 bits per heavy atom. The summed E-state index contributed by atoms with van der Waals surface area (Å²) in [4.78, 5) is 29.7. The molecular weight excluding hydrogens is 416 g/mol. The first-order chi connectivity index (χ1) is 15.4. The molecule has 3 aromatic rings. The smallest absolute Gasteiger partial charge is 0.268 e. The number of imidazole rings is 1. The third-order valence-corrected chi connectivity index (χ3v) is 5.21. The lowest BCUT2D eigenvalue weighted by Gasteiger charge is -2.25. The van der Waals surface area contributed by atoms with E-state index in [1.165, 1.54) is 29.3 Å². The van der Waals surface area contributed by atoms with Crippen LogP contribution < -0.4 is 5.32 Å². The van der Waals surface area contributed by atoms with Crippen molar-refractivity contribution in [3.63, 3.8) is 0 Å². The van der Waals surface area contributed by atoms with E-state index in [1.54, 1.807) is 48.3 Å². The molecule has 0 saturated carbocycles. The molecule has 2 aromatic carbocycles. The predicted octanol–water partition coefficient (Wildman–Crippen LogP) is 3.08. The average molecular weight is 437 g/mol. The van der Waals surface area contributed by atoms with Gasteiger partial charge in [-0.1, -0.05) is 24.3 Å². The van der Waals surface area contributed by atoms with Crippen molar-refractivity contribution < 1.29 is 18.4 Å². The molecule has 0 bridgehead atoms. The van der Waals surface area contributed by atoms with E-state index in [9.17, 15) is 18.4 Å². The van der Waals surface area contributed by atoms with Gasteiger partial charge in [-0.05, 0) is 35.4 Å². The zero-order chi connectivity index (χ0) is 22.7. The minimum atomic E-state index is -0.631. The van der Waals surface area contributed by atoms with Gasteiger partial charge in [0.1, 0.15) is 29.2 Å². The molecule has 2 heterocycles. The number of carbonyl (C=O) groups excluding carboxylic acids is 2. The lowest BCUT2D eigenvalue weighted by molar-refractivity contribution is -0.132. The van der Waals surface area contributed by atoms with Crippen molar-refractivity contribution >= 4 is 17.5 Å². The van der Waals surface area contributed by atoms with E-state index in [-0.39, 0.29) is 42.6 Å². The van der Waals surface area contributed by atoms with Crippen LogP contribution in [0.25, 0.3) is 0 Å². The Balaban J connectivity index is 1.57. The fraction of sp³-hybridized carbons (Fsp3) is 0.217. The van der Waals surface area contributed by atoms with Crippen LogP contribution in [0.3, 0.4) is 0 Å². The van der Waals surface area contributed by atoms with Gasteiger partial charge in [0.2, 0.25) is 5.91 Å². The molecule has 0 radical (unpaired) electrons. The van der Waals surface area contributed by atoms with Crippen molar-refractivity contribution in [3.8, 4) is 0 Å². The van der Waals surface area contributed by atoms with Crippen molar-refractivity contribution in [2.75, 3.05) is 0 Å². The average Bonchev–Trinajstić information content (AvgIpc) is 3.21. The van der Waals surface area contributed by atoms with Crippen molar-refractivity contribution in [2.45, 2.75) is 25.4 Å². The second-order valence-electron chi connectivity index (χ2n) is 7.48. The summed E-state index contributed by atoms with van der Waals surface area (Å²) in [5, 5.41) is 8.38. The van der Waals surface area contributed by atoms with Crippen molar-refractivity contribution in [3.05, 3.63) is 89.5 Å². The number of nitrogens with zero attached hydrogens (tertiary/aromatic N) is 4. The summed E-state index contributed by atoms with van der Waals surface area (Å²) in [5.41, 5.74) is 1.56. The van der Waals surface area contributed by atoms with Crippen LogP contribution in [0.1, 0.15) is 35.8 Å². The molecule has 1 N–H and O–H groups in total. The summed E-state index contributed by atoms with van der Waals surface area (Å²) in [5.74, 6) is -0.849. The fourth-order valence-corrected chi connectivity index (χ4v) is 3.47. The summed E-state index contributed by atoms with van der Waals surface area (Å²) >= 11 is 0. The van der Waals surface area contributed by atoms with Gasteiger partial charge in [0.25, 0.3) is 5.91 Å². The molecule has 1 aliphatic rings. The lowest BCUT2D eigenvalue weighted by Crippen LogP contribution is -2.41. The van der Waals surface area contributed by atoms with E-state index in [2.05, 4.69) is 15.4 Å². The standard InChI is InChI=1S/C23H21F2N5O2/c1-29-13-12-26-22(29)21(16-4-8-18(25)9-5-16)27-23(32)19-10-11-20(31)30(28-19)14-15-2-6-17(24)7-3-15/h2-9,12-13,21H,10-11,14H2,1H3,(H,27,32). The zero-order valence-corrected chi connectivity index (χ0v) is 17.3. The number of hydrazone groups is 1. The number of aryl methyl sites for hydroxylation is 1. The molecular formula is C23H21F2N5O2. The number of amides is 2. The molecule has 32 heavy (non-hydrogen) atoms. The van der Waals surface area contributed by atoms with Crippen molar-refractivity contribution in [2.24, 2.45) is 12.1 Å². The van der Waals surface area contributed by atoms with E-state index in [0.29, 0.717) is 17.0 Å². The molecule has 0 aliphatic carbocycles. The summed E-state index contributed by atoms with van der Waals surface area (Å²) in [6, 6.07) is 10.9. The summed E-state index contributed by atoms with van der Waals surface area (Å²) in [6.07, 6.45) is 3.69. The summed E-state index contributed by atoms with van der Waals surface area (Å²) in [7, 11) is 1.80. The Hall–Kier alpha value is -3.88. The zero-order valence-electron chi connectivity index (χ0n) is 17.3. The third-order valence-electron chi connectivity index (χ3n) is 5.21. The van der Waals surface area contributed by atoms with E-state index in [0.717, 1.165) is 0 Å². The number of rotatable bonds is 6. The highest BCUT2D eigenvalue weighted by Crippen LogP contribution is 2.22. The maximum absolute atomic E-state index is 13.4. The maximum Gasteiger partial charge on any atom is 0.268 e. The van der Waals surface area contributed by atoms with Gasteiger partial charge in [0, 0.05) is 32.3 Å². The first-order valence-electron chi connectivity index (χ1n) is 10.1. The normalized spacial score (nSPS) is 14.8. The topological polar surface area (TPSA) is 79.6 Å². The Bertz CT molecular complexity index is 1160.